The molecule has 0 saturated heterocycles. The first kappa shape index (κ1) is 21.5. The standard InChI is InChI=1S/C22H29ClO4/c1-4-17(24)14-26-19-11-9-16(10-12-19)22(2,3)20-7-5-6-8-21(20)27-15-18(25)13-23/h5-12,17-18,24-25H,4,13-15H2,1-3H3. The Kier molecular flexibility index (Phi) is 7.96. The molecule has 2 N–H and O–H groups in total. The summed E-state index contributed by atoms with van der Waals surface area (Å²) in [6.45, 7) is 6.63. The fourth-order valence-electron chi connectivity index (χ4n) is 2.77. The van der Waals surface area contributed by atoms with Crippen LogP contribution < -0.4 is 9.47 Å². The highest BCUT2D eigenvalue weighted by Crippen LogP contribution is 2.37. The number of aliphatic hydroxyl groups excluding tert-OH is 2. The van der Waals surface area contributed by atoms with E-state index in [9.17, 15) is 10.2 Å². The van der Waals surface area contributed by atoms with Gasteiger partial charge in [0.15, 0.2) is 0 Å². The summed E-state index contributed by atoms with van der Waals surface area (Å²) in [7, 11) is 0. The van der Waals surface area contributed by atoms with Gasteiger partial charge in [-0.3, -0.25) is 0 Å². The molecule has 0 spiro atoms. The van der Waals surface area contributed by atoms with Crippen LogP contribution in [-0.4, -0.2) is 41.5 Å². The number of para-hydroxylation sites is 1. The molecule has 2 aromatic rings. The van der Waals surface area contributed by atoms with Crippen LogP contribution in [0.1, 0.15) is 38.3 Å². The van der Waals surface area contributed by atoms with Crippen molar-refractivity contribution >= 4 is 11.6 Å². The van der Waals surface area contributed by atoms with Gasteiger partial charge >= 0.3 is 0 Å². The predicted octanol–water partition coefficient (Wildman–Crippen LogP) is 4.14. The summed E-state index contributed by atoms with van der Waals surface area (Å²) in [5, 5.41) is 19.3. The third kappa shape index (κ3) is 5.86. The van der Waals surface area contributed by atoms with E-state index in [4.69, 9.17) is 21.1 Å². The smallest absolute Gasteiger partial charge is 0.123 e. The Morgan fingerprint density at radius 1 is 0.926 bits per heavy atom. The molecule has 2 unspecified atom stereocenters. The van der Waals surface area contributed by atoms with Crippen molar-refractivity contribution < 1.29 is 19.7 Å². The Balaban J connectivity index is 2.18. The molecule has 148 valence electrons. The second-order valence-electron chi connectivity index (χ2n) is 7.14. The zero-order valence-electron chi connectivity index (χ0n) is 16.2. The highest BCUT2D eigenvalue weighted by Gasteiger charge is 2.26. The maximum atomic E-state index is 9.68. The van der Waals surface area contributed by atoms with Gasteiger partial charge in [-0.05, 0) is 30.2 Å². The van der Waals surface area contributed by atoms with E-state index in [1.807, 2.05) is 55.5 Å². The lowest BCUT2D eigenvalue weighted by Crippen LogP contribution is -2.23. The van der Waals surface area contributed by atoms with Crippen molar-refractivity contribution in [3.63, 3.8) is 0 Å². The lowest BCUT2D eigenvalue weighted by Gasteiger charge is -2.28. The number of benzene rings is 2. The highest BCUT2D eigenvalue weighted by molar-refractivity contribution is 6.18. The minimum atomic E-state index is -0.697. The van der Waals surface area contributed by atoms with Crippen molar-refractivity contribution in [2.45, 2.75) is 44.8 Å². The van der Waals surface area contributed by atoms with Crippen molar-refractivity contribution in [1.82, 2.24) is 0 Å². The molecule has 5 heteroatoms. The molecule has 0 fully saturated rings. The maximum Gasteiger partial charge on any atom is 0.123 e. The molecule has 0 aromatic heterocycles. The predicted molar refractivity (Wildman–Crippen MR) is 109 cm³/mol. The van der Waals surface area contributed by atoms with E-state index < -0.39 is 12.2 Å². The molecule has 4 nitrogen and oxygen atoms in total. The molecule has 0 aliphatic heterocycles. The fourth-order valence-corrected chi connectivity index (χ4v) is 2.86. The lowest BCUT2D eigenvalue weighted by molar-refractivity contribution is 0.104. The van der Waals surface area contributed by atoms with Gasteiger partial charge in [0.2, 0.25) is 0 Å². The monoisotopic (exact) mass is 392 g/mol. The van der Waals surface area contributed by atoms with Crippen LogP contribution in [0, 0.1) is 0 Å². The van der Waals surface area contributed by atoms with Crippen LogP contribution in [0.3, 0.4) is 0 Å². The summed E-state index contributed by atoms with van der Waals surface area (Å²) in [6.07, 6.45) is -0.480. The number of hydrogen-bond donors (Lipinski definition) is 2. The van der Waals surface area contributed by atoms with Gasteiger partial charge in [0.25, 0.3) is 0 Å². The van der Waals surface area contributed by atoms with Crippen LogP contribution in [0.25, 0.3) is 0 Å². The van der Waals surface area contributed by atoms with E-state index in [-0.39, 0.29) is 17.9 Å². The van der Waals surface area contributed by atoms with Crippen LogP contribution in [-0.2, 0) is 5.41 Å². The average Bonchev–Trinajstić information content (AvgIpc) is 2.70. The Labute approximate surface area is 166 Å². The topological polar surface area (TPSA) is 58.9 Å². The largest absolute Gasteiger partial charge is 0.491 e. The molecule has 0 heterocycles. The summed E-state index contributed by atoms with van der Waals surface area (Å²) in [4.78, 5) is 0. The van der Waals surface area contributed by atoms with Gasteiger partial charge in [-0.15, -0.1) is 11.6 Å². The van der Waals surface area contributed by atoms with Crippen LogP contribution in [0.4, 0.5) is 0 Å². The molecule has 2 atom stereocenters. The molecule has 0 aliphatic carbocycles. The molecule has 0 aliphatic rings. The number of ether oxygens (including phenoxy) is 2. The summed E-state index contributed by atoms with van der Waals surface area (Å²) in [6, 6.07) is 15.7. The molecule has 2 rings (SSSR count). The number of rotatable bonds is 10. The van der Waals surface area contributed by atoms with Gasteiger partial charge in [-0.1, -0.05) is 51.1 Å². The van der Waals surface area contributed by atoms with E-state index in [1.165, 1.54) is 0 Å². The number of aliphatic hydroxyl groups is 2. The third-order valence-electron chi connectivity index (χ3n) is 4.66. The first-order chi connectivity index (χ1) is 12.9. The fraction of sp³-hybridized carbons (Fsp3) is 0.455. The molecule has 27 heavy (non-hydrogen) atoms. The van der Waals surface area contributed by atoms with Crippen molar-refractivity contribution in [3.8, 4) is 11.5 Å². The first-order valence-electron chi connectivity index (χ1n) is 9.26. The van der Waals surface area contributed by atoms with E-state index in [0.717, 1.165) is 22.6 Å². The van der Waals surface area contributed by atoms with Gasteiger partial charge in [-0.2, -0.15) is 0 Å². The summed E-state index contributed by atoms with van der Waals surface area (Å²) < 4.78 is 11.4. The second-order valence-corrected chi connectivity index (χ2v) is 7.45. The van der Waals surface area contributed by atoms with Gasteiger partial charge in [0.1, 0.15) is 30.8 Å². The minimum absolute atomic E-state index is 0.139. The van der Waals surface area contributed by atoms with Crippen LogP contribution >= 0.6 is 11.6 Å². The lowest BCUT2D eigenvalue weighted by atomic mass is 9.77. The Morgan fingerprint density at radius 2 is 1.56 bits per heavy atom. The summed E-state index contributed by atoms with van der Waals surface area (Å²) in [5.74, 6) is 1.61. The quantitative estimate of drug-likeness (QED) is 0.596. The summed E-state index contributed by atoms with van der Waals surface area (Å²) >= 11 is 5.66. The minimum Gasteiger partial charge on any atom is -0.491 e. The SMILES string of the molecule is CCC(O)COc1ccc(C(C)(C)c2ccccc2OCC(O)CCl)cc1. The van der Waals surface area contributed by atoms with Crippen molar-refractivity contribution in [2.75, 3.05) is 19.1 Å². The number of alkyl halides is 1. The van der Waals surface area contributed by atoms with Crippen molar-refractivity contribution in [3.05, 3.63) is 59.7 Å². The van der Waals surface area contributed by atoms with Crippen molar-refractivity contribution in [1.29, 1.82) is 0 Å². The molecular formula is C22H29ClO4. The highest BCUT2D eigenvalue weighted by atomic mass is 35.5. The van der Waals surface area contributed by atoms with Crippen LogP contribution in [0.5, 0.6) is 11.5 Å². The van der Waals surface area contributed by atoms with Crippen molar-refractivity contribution in [2.24, 2.45) is 0 Å². The molecule has 0 bridgehead atoms. The Hall–Kier alpha value is -1.75. The summed E-state index contributed by atoms with van der Waals surface area (Å²) in [5.41, 5.74) is 1.84. The number of hydrogen-bond acceptors (Lipinski definition) is 4. The first-order valence-corrected chi connectivity index (χ1v) is 9.79. The normalized spacial score (nSPS) is 13.9. The van der Waals surface area contributed by atoms with Gasteiger partial charge in [0.05, 0.1) is 12.0 Å². The Bertz CT molecular complexity index is 700. The van der Waals surface area contributed by atoms with Crippen LogP contribution in [0.2, 0.25) is 0 Å². The molecular weight excluding hydrogens is 364 g/mol. The zero-order valence-corrected chi connectivity index (χ0v) is 16.9. The van der Waals surface area contributed by atoms with Gasteiger partial charge in [0, 0.05) is 11.0 Å². The van der Waals surface area contributed by atoms with E-state index in [1.54, 1.807) is 0 Å². The van der Waals surface area contributed by atoms with E-state index >= 15 is 0 Å². The molecule has 2 aromatic carbocycles. The molecule has 0 amide bonds. The average molecular weight is 393 g/mol. The third-order valence-corrected chi connectivity index (χ3v) is 5.02. The van der Waals surface area contributed by atoms with Gasteiger partial charge in [-0.25, -0.2) is 0 Å². The maximum absolute atomic E-state index is 9.68. The molecule has 0 saturated carbocycles. The number of halogens is 1. The van der Waals surface area contributed by atoms with E-state index in [2.05, 4.69) is 13.8 Å². The van der Waals surface area contributed by atoms with Gasteiger partial charge < -0.3 is 19.7 Å². The van der Waals surface area contributed by atoms with E-state index in [0.29, 0.717) is 13.0 Å². The molecule has 0 radical (unpaired) electrons. The Morgan fingerprint density at radius 3 is 2.19 bits per heavy atom. The zero-order chi connectivity index (χ0) is 19.9. The van der Waals surface area contributed by atoms with Crippen LogP contribution in [0.15, 0.2) is 48.5 Å². The second kappa shape index (κ2) is 9.98.